The van der Waals surface area contributed by atoms with Crippen molar-refractivity contribution in [3.05, 3.63) is 35.1 Å². The molecule has 0 aliphatic carbocycles. The van der Waals surface area contributed by atoms with Crippen LogP contribution in [0.15, 0.2) is 23.2 Å². The molecule has 0 saturated carbocycles. The highest BCUT2D eigenvalue weighted by molar-refractivity contribution is 5.80. The Kier molecular flexibility index (Phi) is 8.70. The minimum absolute atomic E-state index is 0.0213. The number of nitrogens with one attached hydrogen (secondary N) is 2. The highest BCUT2D eigenvalue weighted by Gasteiger charge is 2.23. The summed E-state index contributed by atoms with van der Waals surface area (Å²) in [6.07, 6.45) is 2.83. The zero-order valence-corrected chi connectivity index (χ0v) is 17.3. The first-order valence-corrected chi connectivity index (χ1v) is 10.2. The van der Waals surface area contributed by atoms with E-state index < -0.39 is 0 Å². The molecule has 2 rings (SSSR count). The van der Waals surface area contributed by atoms with E-state index in [0.717, 1.165) is 57.0 Å². The summed E-state index contributed by atoms with van der Waals surface area (Å²) >= 11 is 0. The van der Waals surface area contributed by atoms with Gasteiger partial charge in [-0.15, -0.1) is 0 Å². The highest BCUT2D eigenvalue weighted by atomic mass is 19.1. The number of aryl methyl sites for hydroxylation is 1. The van der Waals surface area contributed by atoms with Crippen LogP contribution in [0.2, 0.25) is 0 Å². The van der Waals surface area contributed by atoms with Crippen molar-refractivity contribution in [3.63, 3.8) is 0 Å². The number of amides is 1. The van der Waals surface area contributed by atoms with Crippen LogP contribution >= 0.6 is 0 Å². The molecular formula is C21H34FN5O. The Bertz CT molecular complexity index is 679. The summed E-state index contributed by atoms with van der Waals surface area (Å²) < 4.78 is 13.8. The van der Waals surface area contributed by atoms with Crippen LogP contribution in [-0.2, 0) is 4.79 Å². The van der Waals surface area contributed by atoms with E-state index in [2.05, 4.69) is 20.5 Å². The number of carbonyl (C=O) groups excluding carboxylic acids is 1. The second-order valence-electron chi connectivity index (χ2n) is 7.53. The molecule has 7 heteroatoms. The monoisotopic (exact) mass is 391 g/mol. The average molecular weight is 392 g/mol. The van der Waals surface area contributed by atoms with Crippen molar-refractivity contribution in [1.82, 2.24) is 15.5 Å². The summed E-state index contributed by atoms with van der Waals surface area (Å²) in [5.41, 5.74) is 6.98. The van der Waals surface area contributed by atoms with Crippen LogP contribution in [0, 0.1) is 18.7 Å². The largest absolute Gasteiger partial charge is 0.369 e. The standard InChI is InChI=1S/C21H34FN5O/c1-4-24-21(26-16(3)17-9-8-15(2)19(22)13-17)25-10-6-12-27-11-5-7-18(14-27)20(23)28/h8-9,13,16,18H,4-7,10-12,14H2,1-3H3,(H2,23,28)(H2,24,25,26). The number of nitrogens with zero attached hydrogens (tertiary/aromatic N) is 2. The lowest BCUT2D eigenvalue weighted by molar-refractivity contribution is -0.123. The molecule has 0 radical (unpaired) electrons. The van der Waals surface area contributed by atoms with Crippen LogP contribution in [-0.4, -0.2) is 49.5 Å². The number of aliphatic imine (C=N–C) groups is 1. The van der Waals surface area contributed by atoms with E-state index in [1.807, 2.05) is 19.9 Å². The molecule has 0 aromatic heterocycles. The van der Waals surface area contributed by atoms with E-state index in [1.165, 1.54) is 0 Å². The van der Waals surface area contributed by atoms with Gasteiger partial charge >= 0.3 is 0 Å². The Morgan fingerprint density at radius 1 is 1.46 bits per heavy atom. The van der Waals surface area contributed by atoms with Gasteiger partial charge in [-0.25, -0.2) is 4.39 Å². The molecule has 28 heavy (non-hydrogen) atoms. The number of hydrogen-bond donors (Lipinski definition) is 3. The van der Waals surface area contributed by atoms with Crippen LogP contribution in [0.3, 0.4) is 0 Å². The Balaban J connectivity index is 1.84. The smallest absolute Gasteiger partial charge is 0.221 e. The van der Waals surface area contributed by atoms with Crippen molar-refractivity contribution in [2.45, 2.75) is 46.1 Å². The van der Waals surface area contributed by atoms with Gasteiger partial charge < -0.3 is 21.3 Å². The van der Waals surface area contributed by atoms with Gasteiger partial charge in [-0.1, -0.05) is 12.1 Å². The summed E-state index contributed by atoms with van der Waals surface area (Å²) in [6, 6.07) is 5.25. The van der Waals surface area contributed by atoms with E-state index >= 15 is 0 Å². The number of carbonyl (C=O) groups is 1. The van der Waals surface area contributed by atoms with Crippen molar-refractivity contribution < 1.29 is 9.18 Å². The predicted octanol–water partition coefficient (Wildman–Crippen LogP) is 2.34. The first-order chi connectivity index (χ1) is 13.4. The molecule has 1 aliphatic rings. The van der Waals surface area contributed by atoms with Crippen molar-refractivity contribution in [2.24, 2.45) is 16.6 Å². The molecule has 2 unspecified atom stereocenters. The number of primary amides is 1. The van der Waals surface area contributed by atoms with Gasteiger partial charge in [0.05, 0.1) is 12.0 Å². The van der Waals surface area contributed by atoms with Gasteiger partial charge in [0.25, 0.3) is 0 Å². The summed E-state index contributed by atoms with van der Waals surface area (Å²) in [5, 5.41) is 6.58. The Morgan fingerprint density at radius 2 is 2.25 bits per heavy atom. The molecule has 1 amide bonds. The number of piperidine rings is 1. The molecule has 4 N–H and O–H groups in total. The van der Waals surface area contributed by atoms with Gasteiger partial charge in [-0.3, -0.25) is 9.79 Å². The first-order valence-electron chi connectivity index (χ1n) is 10.2. The molecule has 2 atom stereocenters. The molecule has 1 fully saturated rings. The van der Waals surface area contributed by atoms with Crippen molar-refractivity contribution in [1.29, 1.82) is 0 Å². The quantitative estimate of drug-likeness (QED) is 0.361. The second-order valence-corrected chi connectivity index (χ2v) is 7.53. The fourth-order valence-corrected chi connectivity index (χ4v) is 3.46. The molecule has 6 nitrogen and oxygen atoms in total. The number of benzene rings is 1. The average Bonchev–Trinajstić information content (AvgIpc) is 2.67. The third-order valence-corrected chi connectivity index (χ3v) is 5.20. The predicted molar refractivity (Wildman–Crippen MR) is 112 cm³/mol. The molecule has 1 saturated heterocycles. The van der Waals surface area contributed by atoms with Gasteiger partial charge in [0.2, 0.25) is 5.91 Å². The maximum absolute atomic E-state index is 13.8. The number of nitrogens with two attached hydrogens (primary N) is 1. The first kappa shape index (κ1) is 22.1. The van der Waals surface area contributed by atoms with E-state index in [0.29, 0.717) is 12.1 Å². The molecule has 1 heterocycles. The Hall–Kier alpha value is -2.15. The maximum Gasteiger partial charge on any atom is 0.221 e. The highest BCUT2D eigenvalue weighted by Crippen LogP contribution is 2.17. The number of rotatable bonds is 8. The van der Waals surface area contributed by atoms with E-state index in [-0.39, 0.29) is 23.7 Å². The molecular weight excluding hydrogens is 357 g/mol. The Morgan fingerprint density at radius 3 is 2.93 bits per heavy atom. The third-order valence-electron chi connectivity index (χ3n) is 5.20. The van der Waals surface area contributed by atoms with Crippen molar-refractivity contribution in [2.75, 3.05) is 32.7 Å². The summed E-state index contributed by atoms with van der Waals surface area (Å²) in [4.78, 5) is 18.3. The second kappa shape index (κ2) is 11.0. The Labute approximate surface area is 167 Å². The summed E-state index contributed by atoms with van der Waals surface area (Å²) in [7, 11) is 0. The van der Waals surface area contributed by atoms with Crippen molar-refractivity contribution in [3.8, 4) is 0 Å². The molecule has 1 aromatic carbocycles. The van der Waals surface area contributed by atoms with Gasteiger partial charge in [-0.2, -0.15) is 0 Å². The van der Waals surface area contributed by atoms with E-state index in [4.69, 9.17) is 5.73 Å². The molecule has 1 aliphatic heterocycles. The normalized spacial score (nSPS) is 19.3. The fraction of sp³-hybridized carbons (Fsp3) is 0.619. The fourth-order valence-electron chi connectivity index (χ4n) is 3.46. The number of hydrogen-bond acceptors (Lipinski definition) is 3. The molecule has 156 valence electrons. The van der Waals surface area contributed by atoms with Gasteiger partial charge in [0.1, 0.15) is 5.82 Å². The summed E-state index contributed by atoms with van der Waals surface area (Å²) in [5.74, 6) is 0.323. The van der Waals surface area contributed by atoms with Gasteiger partial charge in [-0.05, 0) is 70.3 Å². The number of halogens is 1. The third kappa shape index (κ3) is 6.78. The van der Waals surface area contributed by atoms with Crippen LogP contribution in [0.1, 0.15) is 50.3 Å². The van der Waals surface area contributed by atoms with Gasteiger partial charge in [0.15, 0.2) is 5.96 Å². The molecule has 0 bridgehead atoms. The number of guanidine groups is 1. The lowest BCUT2D eigenvalue weighted by atomic mass is 9.97. The number of likely N-dealkylation sites (tertiary alicyclic amines) is 1. The molecule has 1 aromatic rings. The minimum Gasteiger partial charge on any atom is -0.369 e. The summed E-state index contributed by atoms with van der Waals surface area (Å²) in [6.45, 7) is 9.90. The van der Waals surface area contributed by atoms with Crippen LogP contribution in [0.5, 0.6) is 0 Å². The van der Waals surface area contributed by atoms with E-state index in [1.54, 1.807) is 19.1 Å². The maximum atomic E-state index is 13.8. The SMILES string of the molecule is CCNC(=NCCCN1CCCC(C(N)=O)C1)NC(C)c1ccc(C)c(F)c1. The lowest BCUT2D eigenvalue weighted by Gasteiger charge is -2.30. The molecule has 0 spiro atoms. The van der Waals surface area contributed by atoms with Crippen molar-refractivity contribution >= 4 is 11.9 Å². The zero-order valence-electron chi connectivity index (χ0n) is 17.3. The van der Waals surface area contributed by atoms with Crippen LogP contribution < -0.4 is 16.4 Å². The van der Waals surface area contributed by atoms with Gasteiger partial charge in [0, 0.05) is 19.6 Å². The van der Waals surface area contributed by atoms with Crippen LogP contribution in [0.25, 0.3) is 0 Å². The minimum atomic E-state index is -0.192. The van der Waals surface area contributed by atoms with E-state index in [9.17, 15) is 9.18 Å². The van der Waals surface area contributed by atoms with Crippen LogP contribution in [0.4, 0.5) is 4.39 Å². The lowest BCUT2D eigenvalue weighted by Crippen LogP contribution is -2.41. The topological polar surface area (TPSA) is 82.8 Å². The zero-order chi connectivity index (χ0) is 20.5.